The van der Waals surface area contributed by atoms with Gasteiger partial charge in [0.2, 0.25) is 11.6 Å². The lowest BCUT2D eigenvalue weighted by Gasteiger charge is -2.08. The minimum absolute atomic E-state index is 0.0939. The number of aromatic nitrogens is 5. The highest BCUT2D eigenvalue weighted by Crippen LogP contribution is 2.26. The molecule has 0 atom stereocenters. The first kappa shape index (κ1) is 25.1. The maximum Gasteiger partial charge on any atom is 0.573 e. The SMILES string of the molecule is C=C/C(=C\CNCCCOC)Cn1nc(-c2nc(-c3ccc(OC(F)(F)F)cc3)no2)nc1C. The van der Waals surface area contributed by atoms with Crippen molar-refractivity contribution in [2.24, 2.45) is 0 Å². The van der Waals surface area contributed by atoms with Crippen LogP contribution in [0.5, 0.6) is 5.75 Å². The number of nitrogens with zero attached hydrogens (tertiary/aromatic N) is 5. The van der Waals surface area contributed by atoms with Crippen molar-refractivity contribution in [3.05, 3.63) is 54.4 Å². The van der Waals surface area contributed by atoms with Crippen LogP contribution >= 0.6 is 0 Å². The first-order valence-corrected chi connectivity index (χ1v) is 10.4. The molecule has 0 unspecified atom stereocenters. The van der Waals surface area contributed by atoms with Crippen LogP contribution in [0.2, 0.25) is 0 Å². The maximum absolute atomic E-state index is 12.3. The summed E-state index contributed by atoms with van der Waals surface area (Å²) < 4.78 is 52.8. The zero-order valence-electron chi connectivity index (χ0n) is 18.8. The van der Waals surface area contributed by atoms with E-state index in [-0.39, 0.29) is 23.3 Å². The highest BCUT2D eigenvalue weighted by Gasteiger charge is 2.31. The first-order chi connectivity index (χ1) is 16.3. The molecule has 2 heterocycles. The molecule has 12 heteroatoms. The van der Waals surface area contributed by atoms with E-state index >= 15 is 0 Å². The van der Waals surface area contributed by atoms with Gasteiger partial charge in [-0.05, 0) is 49.7 Å². The number of halogens is 3. The summed E-state index contributed by atoms with van der Waals surface area (Å²) in [5.74, 6) is 0.830. The monoisotopic (exact) mass is 478 g/mol. The molecule has 1 N–H and O–H groups in total. The van der Waals surface area contributed by atoms with E-state index in [4.69, 9.17) is 9.26 Å². The third-order valence-electron chi connectivity index (χ3n) is 4.63. The summed E-state index contributed by atoms with van der Waals surface area (Å²) in [5.41, 5.74) is 1.42. The van der Waals surface area contributed by atoms with Gasteiger partial charge in [0.1, 0.15) is 11.6 Å². The second-order valence-electron chi connectivity index (χ2n) is 7.17. The molecule has 0 fully saturated rings. The number of rotatable bonds is 12. The minimum atomic E-state index is -4.76. The van der Waals surface area contributed by atoms with E-state index in [1.54, 1.807) is 24.8 Å². The van der Waals surface area contributed by atoms with Crippen molar-refractivity contribution in [1.82, 2.24) is 30.2 Å². The summed E-state index contributed by atoms with van der Waals surface area (Å²) in [5, 5.41) is 11.6. The lowest BCUT2D eigenvalue weighted by molar-refractivity contribution is -0.274. The molecule has 0 aliphatic carbocycles. The van der Waals surface area contributed by atoms with E-state index in [0.29, 0.717) is 31.1 Å². The van der Waals surface area contributed by atoms with Crippen molar-refractivity contribution in [3.63, 3.8) is 0 Å². The predicted molar refractivity (Wildman–Crippen MR) is 118 cm³/mol. The van der Waals surface area contributed by atoms with Crippen LogP contribution in [0.4, 0.5) is 13.2 Å². The van der Waals surface area contributed by atoms with Crippen LogP contribution in [0.1, 0.15) is 12.2 Å². The van der Waals surface area contributed by atoms with E-state index in [9.17, 15) is 13.2 Å². The molecule has 3 aromatic rings. The zero-order chi connectivity index (χ0) is 24.6. The number of hydrogen-bond donors (Lipinski definition) is 1. The molecule has 3 rings (SSSR count). The lowest BCUT2D eigenvalue weighted by atomic mass is 10.2. The van der Waals surface area contributed by atoms with Crippen LogP contribution in [0.3, 0.4) is 0 Å². The number of benzene rings is 1. The minimum Gasteiger partial charge on any atom is -0.406 e. The second kappa shape index (κ2) is 11.6. The Hall–Kier alpha value is -3.51. The molecular weight excluding hydrogens is 453 g/mol. The lowest BCUT2D eigenvalue weighted by Crippen LogP contribution is -2.17. The van der Waals surface area contributed by atoms with Gasteiger partial charge in [-0.15, -0.1) is 18.3 Å². The molecule has 0 aliphatic heterocycles. The molecule has 182 valence electrons. The molecule has 0 saturated heterocycles. The average molecular weight is 478 g/mol. The highest BCUT2D eigenvalue weighted by molar-refractivity contribution is 5.57. The fourth-order valence-corrected chi connectivity index (χ4v) is 2.93. The Labute approximate surface area is 194 Å². The van der Waals surface area contributed by atoms with Gasteiger partial charge < -0.3 is 19.3 Å². The van der Waals surface area contributed by atoms with Gasteiger partial charge in [0.25, 0.3) is 5.89 Å². The highest BCUT2D eigenvalue weighted by atomic mass is 19.4. The Kier molecular flexibility index (Phi) is 8.55. The quantitative estimate of drug-likeness (QED) is 0.309. The van der Waals surface area contributed by atoms with E-state index in [1.165, 1.54) is 24.3 Å². The summed E-state index contributed by atoms with van der Waals surface area (Å²) in [4.78, 5) is 8.64. The smallest absolute Gasteiger partial charge is 0.406 e. The van der Waals surface area contributed by atoms with Crippen molar-refractivity contribution >= 4 is 0 Å². The van der Waals surface area contributed by atoms with Crippen molar-refractivity contribution in [1.29, 1.82) is 0 Å². The Bertz CT molecular complexity index is 1110. The molecule has 0 bridgehead atoms. The molecule has 9 nitrogen and oxygen atoms in total. The summed E-state index contributed by atoms with van der Waals surface area (Å²) in [6.45, 7) is 8.36. The van der Waals surface area contributed by atoms with E-state index in [1.807, 2.05) is 6.08 Å². The number of hydrogen-bond acceptors (Lipinski definition) is 8. The Morgan fingerprint density at radius 2 is 1.97 bits per heavy atom. The Morgan fingerprint density at radius 3 is 2.65 bits per heavy atom. The fraction of sp³-hybridized carbons (Fsp3) is 0.364. The molecule has 0 saturated carbocycles. The molecule has 0 spiro atoms. The van der Waals surface area contributed by atoms with Gasteiger partial charge in [-0.2, -0.15) is 4.98 Å². The van der Waals surface area contributed by atoms with Crippen LogP contribution in [-0.4, -0.2) is 58.1 Å². The van der Waals surface area contributed by atoms with Crippen molar-refractivity contribution in [3.8, 4) is 28.9 Å². The number of alkyl halides is 3. The van der Waals surface area contributed by atoms with Gasteiger partial charge in [0.05, 0.1) is 6.54 Å². The van der Waals surface area contributed by atoms with Crippen molar-refractivity contribution in [2.45, 2.75) is 26.3 Å². The number of allylic oxidation sites excluding steroid dienone is 2. The van der Waals surface area contributed by atoms with Crippen LogP contribution < -0.4 is 10.1 Å². The third kappa shape index (κ3) is 7.25. The number of ether oxygens (including phenoxy) is 2. The van der Waals surface area contributed by atoms with Crippen molar-refractivity contribution < 1.29 is 27.2 Å². The van der Waals surface area contributed by atoms with Crippen LogP contribution in [0.15, 0.2) is 53.1 Å². The first-order valence-electron chi connectivity index (χ1n) is 10.4. The van der Waals surface area contributed by atoms with E-state index in [0.717, 1.165) is 18.5 Å². The largest absolute Gasteiger partial charge is 0.573 e. The number of aryl methyl sites for hydroxylation is 1. The van der Waals surface area contributed by atoms with Gasteiger partial charge in [0, 0.05) is 25.8 Å². The third-order valence-corrected chi connectivity index (χ3v) is 4.63. The van der Waals surface area contributed by atoms with Gasteiger partial charge in [-0.3, -0.25) is 0 Å². The molecule has 34 heavy (non-hydrogen) atoms. The molecule has 0 radical (unpaired) electrons. The van der Waals surface area contributed by atoms with Gasteiger partial charge in [-0.25, -0.2) is 9.67 Å². The van der Waals surface area contributed by atoms with Gasteiger partial charge in [0.15, 0.2) is 0 Å². The van der Waals surface area contributed by atoms with Gasteiger partial charge >= 0.3 is 6.36 Å². The molecule has 0 aliphatic rings. The maximum atomic E-state index is 12.3. The molecule has 2 aromatic heterocycles. The normalized spacial score (nSPS) is 12.2. The van der Waals surface area contributed by atoms with Crippen LogP contribution in [-0.2, 0) is 11.3 Å². The van der Waals surface area contributed by atoms with Crippen LogP contribution in [0, 0.1) is 6.92 Å². The average Bonchev–Trinajstić information content (AvgIpc) is 3.42. The number of nitrogens with one attached hydrogen (secondary N) is 1. The van der Waals surface area contributed by atoms with Crippen molar-refractivity contribution in [2.75, 3.05) is 26.8 Å². The summed E-state index contributed by atoms with van der Waals surface area (Å²) >= 11 is 0. The second-order valence-corrected chi connectivity index (χ2v) is 7.17. The zero-order valence-corrected chi connectivity index (χ0v) is 18.8. The molecule has 1 aromatic carbocycles. The predicted octanol–water partition coefficient (Wildman–Crippen LogP) is 3.94. The Morgan fingerprint density at radius 1 is 1.21 bits per heavy atom. The van der Waals surface area contributed by atoms with E-state index < -0.39 is 6.36 Å². The summed E-state index contributed by atoms with van der Waals surface area (Å²) in [6, 6.07) is 5.14. The summed E-state index contributed by atoms with van der Waals surface area (Å²) in [6.07, 6.45) is -0.0481. The fourth-order valence-electron chi connectivity index (χ4n) is 2.93. The van der Waals surface area contributed by atoms with E-state index in [2.05, 4.69) is 36.9 Å². The number of methoxy groups -OCH3 is 1. The van der Waals surface area contributed by atoms with Gasteiger partial charge in [-0.1, -0.05) is 23.9 Å². The summed E-state index contributed by atoms with van der Waals surface area (Å²) in [7, 11) is 1.67. The van der Waals surface area contributed by atoms with Crippen LogP contribution in [0.25, 0.3) is 23.1 Å². The topological polar surface area (TPSA) is 100 Å². The molecule has 0 amide bonds. The standard InChI is InChI=1S/C22H25F3N6O3/c1-4-16(10-12-26-11-5-13-32-3)14-31-15(2)27-20(29-31)21-28-19(30-34-21)17-6-8-18(9-7-17)33-22(23,24)25/h4,6-10,26H,1,5,11-14H2,2-3H3/b16-10+. The Balaban J connectivity index is 1.65. The molecular formula is C22H25F3N6O3.